The first-order chi connectivity index (χ1) is 7.68. The monoisotopic (exact) mass is 227 g/mol. The molecule has 1 fully saturated rings. The molecule has 0 saturated heterocycles. The highest BCUT2D eigenvalue weighted by Crippen LogP contribution is 2.25. The van der Waals surface area contributed by atoms with Gasteiger partial charge < -0.3 is 10.1 Å². The van der Waals surface area contributed by atoms with Gasteiger partial charge in [-0.05, 0) is 44.2 Å². The predicted molar refractivity (Wildman–Crippen MR) is 69.7 cm³/mol. The Balaban J connectivity index is 1.90. The van der Waals surface area contributed by atoms with Gasteiger partial charge in [0.1, 0.15) is 0 Å². The van der Waals surface area contributed by atoms with Gasteiger partial charge in [-0.2, -0.15) is 0 Å². The Morgan fingerprint density at radius 2 is 2.12 bits per heavy atom. The molecule has 96 valence electrons. The van der Waals surface area contributed by atoms with Crippen LogP contribution in [0.3, 0.4) is 0 Å². The van der Waals surface area contributed by atoms with Crippen LogP contribution in [0.1, 0.15) is 52.9 Å². The predicted octanol–water partition coefficient (Wildman–Crippen LogP) is 3.22. The zero-order chi connectivity index (χ0) is 11.8. The van der Waals surface area contributed by atoms with Crippen molar-refractivity contribution in [2.75, 3.05) is 19.7 Å². The maximum absolute atomic E-state index is 5.92. The molecule has 2 nitrogen and oxygen atoms in total. The first kappa shape index (κ1) is 14.0. The van der Waals surface area contributed by atoms with Crippen molar-refractivity contribution in [2.24, 2.45) is 11.8 Å². The fourth-order valence-corrected chi connectivity index (χ4v) is 2.37. The smallest absolute Gasteiger partial charge is 0.0577 e. The van der Waals surface area contributed by atoms with E-state index in [4.69, 9.17) is 4.74 Å². The normalized spacial score (nSPS) is 26.2. The Bertz CT molecular complexity index is 170. The van der Waals surface area contributed by atoms with Crippen molar-refractivity contribution in [1.82, 2.24) is 5.32 Å². The van der Waals surface area contributed by atoms with Crippen LogP contribution in [0.25, 0.3) is 0 Å². The van der Waals surface area contributed by atoms with Crippen LogP contribution in [-0.2, 0) is 4.74 Å². The van der Waals surface area contributed by atoms with Gasteiger partial charge in [0.25, 0.3) is 0 Å². The molecule has 2 atom stereocenters. The van der Waals surface area contributed by atoms with Crippen LogP contribution in [0, 0.1) is 11.8 Å². The highest BCUT2D eigenvalue weighted by Gasteiger charge is 2.18. The van der Waals surface area contributed by atoms with Gasteiger partial charge in [0.15, 0.2) is 0 Å². The van der Waals surface area contributed by atoms with Crippen LogP contribution in [0.2, 0.25) is 0 Å². The average molecular weight is 227 g/mol. The lowest BCUT2D eigenvalue weighted by atomic mass is 9.89. The zero-order valence-electron chi connectivity index (χ0n) is 11.3. The Morgan fingerprint density at radius 3 is 2.81 bits per heavy atom. The summed E-state index contributed by atoms with van der Waals surface area (Å²) in [6.45, 7) is 9.99. The van der Waals surface area contributed by atoms with E-state index in [1.54, 1.807) is 0 Å². The van der Waals surface area contributed by atoms with Crippen LogP contribution >= 0.6 is 0 Å². The fraction of sp³-hybridized carbons (Fsp3) is 1.00. The third-order valence-corrected chi connectivity index (χ3v) is 3.29. The molecule has 1 N–H and O–H groups in total. The second-order valence-electron chi connectivity index (χ2n) is 5.72. The van der Waals surface area contributed by atoms with E-state index >= 15 is 0 Å². The third-order valence-electron chi connectivity index (χ3n) is 3.29. The Labute approximate surface area is 101 Å². The molecule has 0 heterocycles. The standard InChI is InChI=1S/C14H29NO/c1-12(2)11-15-8-5-9-16-14-7-4-6-13(3)10-14/h12-15H,4-11H2,1-3H3. The van der Waals surface area contributed by atoms with Gasteiger partial charge in [-0.25, -0.2) is 0 Å². The molecule has 0 aromatic rings. The van der Waals surface area contributed by atoms with Gasteiger partial charge in [-0.15, -0.1) is 0 Å². The van der Waals surface area contributed by atoms with E-state index in [9.17, 15) is 0 Å². The molecule has 0 amide bonds. The Kier molecular flexibility index (Phi) is 7.06. The molecule has 0 aromatic carbocycles. The average Bonchev–Trinajstić information content (AvgIpc) is 2.23. The van der Waals surface area contributed by atoms with Crippen LogP contribution in [-0.4, -0.2) is 25.8 Å². The highest BCUT2D eigenvalue weighted by molar-refractivity contribution is 4.70. The number of hydrogen-bond acceptors (Lipinski definition) is 2. The van der Waals surface area contributed by atoms with E-state index in [1.807, 2.05) is 0 Å². The van der Waals surface area contributed by atoms with E-state index in [0.717, 1.165) is 38.0 Å². The minimum atomic E-state index is 0.550. The number of nitrogens with one attached hydrogen (secondary N) is 1. The van der Waals surface area contributed by atoms with Gasteiger partial charge in [-0.1, -0.05) is 33.6 Å². The zero-order valence-corrected chi connectivity index (χ0v) is 11.3. The maximum Gasteiger partial charge on any atom is 0.0577 e. The lowest BCUT2D eigenvalue weighted by molar-refractivity contribution is 0.0146. The van der Waals surface area contributed by atoms with Crippen LogP contribution in [0.4, 0.5) is 0 Å². The van der Waals surface area contributed by atoms with Crippen LogP contribution in [0.15, 0.2) is 0 Å². The molecule has 2 unspecified atom stereocenters. The highest BCUT2D eigenvalue weighted by atomic mass is 16.5. The summed E-state index contributed by atoms with van der Waals surface area (Å²) in [6.07, 6.45) is 7.02. The summed E-state index contributed by atoms with van der Waals surface area (Å²) in [4.78, 5) is 0. The Morgan fingerprint density at radius 1 is 1.31 bits per heavy atom. The van der Waals surface area contributed by atoms with Gasteiger partial charge >= 0.3 is 0 Å². The van der Waals surface area contributed by atoms with Gasteiger partial charge in [0.2, 0.25) is 0 Å². The molecular weight excluding hydrogens is 198 g/mol. The second kappa shape index (κ2) is 8.08. The van der Waals surface area contributed by atoms with Crippen molar-refractivity contribution in [3.8, 4) is 0 Å². The van der Waals surface area contributed by atoms with Crippen molar-refractivity contribution in [3.63, 3.8) is 0 Å². The van der Waals surface area contributed by atoms with Crippen LogP contribution < -0.4 is 5.32 Å². The van der Waals surface area contributed by atoms with Crippen molar-refractivity contribution in [3.05, 3.63) is 0 Å². The van der Waals surface area contributed by atoms with E-state index in [2.05, 4.69) is 26.1 Å². The number of hydrogen-bond donors (Lipinski definition) is 1. The minimum absolute atomic E-state index is 0.550. The first-order valence-electron chi connectivity index (χ1n) is 7.00. The molecule has 2 heteroatoms. The summed E-state index contributed by atoms with van der Waals surface area (Å²) in [5.41, 5.74) is 0. The molecule has 1 aliphatic rings. The van der Waals surface area contributed by atoms with E-state index in [-0.39, 0.29) is 0 Å². The lowest BCUT2D eigenvalue weighted by Crippen LogP contribution is -2.25. The first-order valence-corrected chi connectivity index (χ1v) is 7.00. The van der Waals surface area contributed by atoms with Crippen molar-refractivity contribution < 1.29 is 4.74 Å². The molecule has 1 aliphatic carbocycles. The molecule has 0 radical (unpaired) electrons. The van der Waals surface area contributed by atoms with Crippen molar-refractivity contribution in [1.29, 1.82) is 0 Å². The maximum atomic E-state index is 5.92. The molecular formula is C14H29NO. The minimum Gasteiger partial charge on any atom is -0.378 e. The fourth-order valence-electron chi connectivity index (χ4n) is 2.37. The summed E-state index contributed by atoms with van der Waals surface area (Å²) in [7, 11) is 0. The van der Waals surface area contributed by atoms with E-state index in [0.29, 0.717) is 6.10 Å². The topological polar surface area (TPSA) is 21.3 Å². The Hall–Kier alpha value is -0.0800. The summed E-state index contributed by atoms with van der Waals surface area (Å²) in [5.74, 6) is 1.62. The summed E-state index contributed by atoms with van der Waals surface area (Å²) >= 11 is 0. The van der Waals surface area contributed by atoms with E-state index < -0.39 is 0 Å². The molecule has 1 rings (SSSR count). The summed E-state index contributed by atoms with van der Waals surface area (Å²) < 4.78 is 5.92. The lowest BCUT2D eigenvalue weighted by Gasteiger charge is -2.26. The summed E-state index contributed by atoms with van der Waals surface area (Å²) in [5, 5.41) is 3.45. The molecule has 0 aliphatic heterocycles. The molecule has 0 aromatic heterocycles. The summed E-state index contributed by atoms with van der Waals surface area (Å²) in [6, 6.07) is 0. The van der Waals surface area contributed by atoms with Gasteiger partial charge in [-0.3, -0.25) is 0 Å². The number of rotatable bonds is 7. The molecule has 1 saturated carbocycles. The van der Waals surface area contributed by atoms with Gasteiger partial charge in [0, 0.05) is 6.61 Å². The quantitative estimate of drug-likeness (QED) is 0.674. The van der Waals surface area contributed by atoms with Crippen LogP contribution in [0.5, 0.6) is 0 Å². The molecule has 16 heavy (non-hydrogen) atoms. The second-order valence-corrected chi connectivity index (χ2v) is 5.72. The molecule has 0 spiro atoms. The van der Waals surface area contributed by atoms with E-state index in [1.165, 1.54) is 25.7 Å². The van der Waals surface area contributed by atoms with Gasteiger partial charge in [0.05, 0.1) is 6.10 Å². The number of ether oxygens (including phenoxy) is 1. The largest absolute Gasteiger partial charge is 0.378 e. The SMILES string of the molecule is CC(C)CNCCCOC1CCCC(C)C1. The van der Waals surface area contributed by atoms with Crippen molar-refractivity contribution >= 4 is 0 Å². The third kappa shape index (κ3) is 6.49. The molecule has 0 bridgehead atoms. The van der Waals surface area contributed by atoms with Crippen molar-refractivity contribution in [2.45, 2.75) is 59.0 Å².